The fraction of sp³-hybridized carbons (Fsp3) is 0.118. The highest BCUT2D eigenvalue weighted by atomic mass is 79.9. The van der Waals surface area contributed by atoms with E-state index in [1.54, 1.807) is 47.7 Å². The number of aromatic nitrogens is 3. The van der Waals surface area contributed by atoms with Gasteiger partial charge in [0.05, 0.1) is 4.47 Å². The third-order valence-electron chi connectivity index (χ3n) is 3.35. The van der Waals surface area contributed by atoms with Crippen molar-refractivity contribution in [1.82, 2.24) is 19.9 Å². The Morgan fingerprint density at radius 1 is 1.32 bits per heavy atom. The molecule has 6 nitrogen and oxygen atoms in total. The standard InChI is InChI=1S/C17H14BrClN4O2/c18-14-8-13(19)3-4-15(14)25-10-16(24)22-9-12-2-1-5-21-17(12)23-7-6-20-11-23/h1-8,11H,9-10H2,(H,22,24). The maximum Gasteiger partial charge on any atom is 0.258 e. The minimum Gasteiger partial charge on any atom is -0.483 e. The first kappa shape index (κ1) is 17.4. The molecule has 0 aliphatic rings. The number of rotatable bonds is 6. The summed E-state index contributed by atoms with van der Waals surface area (Å²) in [5.74, 6) is 1.05. The van der Waals surface area contributed by atoms with E-state index < -0.39 is 0 Å². The third-order valence-corrected chi connectivity index (χ3v) is 4.20. The number of ether oxygens (including phenoxy) is 1. The predicted molar refractivity (Wildman–Crippen MR) is 97.9 cm³/mol. The van der Waals surface area contributed by atoms with Gasteiger partial charge in [-0.05, 0) is 40.2 Å². The van der Waals surface area contributed by atoms with Gasteiger partial charge in [-0.2, -0.15) is 0 Å². The van der Waals surface area contributed by atoms with Gasteiger partial charge in [0.2, 0.25) is 0 Å². The number of pyridine rings is 1. The molecule has 0 radical (unpaired) electrons. The number of nitrogens with zero attached hydrogens (tertiary/aromatic N) is 3. The zero-order valence-corrected chi connectivity index (χ0v) is 15.4. The van der Waals surface area contributed by atoms with Gasteiger partial charge < -0.3 is 10.1 Å². The first-order valence-corrected chi connectivity index (χ1v) is 8.57. The Kier molecular flexibility index (Phi) is 5.67. The van der Waals surface area contributed by atoms with Crippen LogP contribution in [0, 0.1) is 0 Å². The van der Waals surface area contributed by atoms with E-state index in [0.717, 1.165) is 11.4 Å². The van der Waals surface area contributed by atoms with Crippen LogP contribution in [-0.2, 0) is 11.3 Å². The summed E-state index contributed by atoms with van der Waals surface area (Å²) in [5.41, 5.74) is 0.876. The third kappa shape index (κ3) is 4.58. The van der Waals surface area contributed by atoms with Crippen LogP contribution in [0.1, 0.15) is 5.56 Å². The van der Waals surface area contributed by atoms with Gasteiger partial charge in [-0.1, -0.05) is 17.7 Å². The highest BCUT2D eigenvalue weighted by molar-refractivity contribution is 9.10. The molecule has 0 bridgehead atoms. The van der Waals surface area contributed by atoms with Crippen LogP contribution in [-0.4, -0.2) is 27.0 Å². The van der Waals surface area contributed by atoms with Crippen LogP contribution in [0.25, 0.3) is 5.82 Å². The van der Waals surface area contributed by atoms with Gasteiger partial charge in [-0.25, -0.2) is 9.97 Å². The molecule has 1 amide bonds. The van der Waals surface area contributed by atoms with Gasteiger partial charge >= 0.3 is 0 Å². The number of amides is 1. The van der Waals surface area contributed by atoms with Crippen molar-refractivity contribution in [2.75, 3.05) is 6.61 Å². The number of benzene rings is 1. The first-order chi connectivity index (χ1) is 12.1. The van der Waals surface area contributed by atoms with Crippen molar-refractivity contribution in [2.24, 2.45) is 0 Å². The molecule has 0 atom stereocenters. The summed E-state index contributed by atoms with van der Waals surface area (Å²) in [7, 11) is 0. The molecule has 1 N–H and O–H groups in total. The molecule has 0 saturated carbocycles. The lowest BCUT2D eigenvalue weighted by Crippen LogP contribution is -2.29. The van der Waals surface area contributed by atoms with E-state index in [0.29, 0.717) is 21.8 Å². The zero-order valence-electron chi connectivity index (χ0n) is 13.0. The van der Waals surface area contributed by atoms with Crippen molar-refractivity contribution >= 4 is 33.4 Å². The van der Waals surface area contributed by atoms with Crippen LogP contribution >= 0.6 is 27.5 Å². The molecule has 2 aromatic heterocycles. The molecule has 1 aromatic carbocycles. The average Bonchev–Trinajstić information content (AvgIpc) is 3.14. The summed E-state index contributed by atoms with van der Waals surface area (Å²) >= 11 is 9.22. The lowest BCUT2D eigenvalue weighted by Gasteiger charge is -2.11. The van der Waals surface area contributed by atoms with Crippen molar-refractivity contribution in [3.8, 4) is 11.6 Å². The van der Waals surface area contributed by atoms with E-state index in [2.05, 4.69) is 31.2 Å². The molecule has 128 valence electrons. The quantitative estimate of drug-likeness (QED) is 0.662. The summed E-state index contributed by atoms with van der Waals surface area (Å²) in [5, 5.41) is 3.41. The molecule has 3 rings (SSSR count). The fourth-order valence-electron chi connectivity index (χ4n) is 2.17. The van der Waals surface area contributed by atoms with Crippen molar-refractivity contribution < 1.29 is 9.53 Å². The smallest absolute Gasteiger partial charge is 0.258 e. The summed E-state index contributed by atoms with van der Waals surface area (Å²) in [4.78, 5) is 20.4. The second-order valence-corrected chi connectivity index (χ2v) is 6.39. The maximum absolute atomic E-state index is 12.0. The van der Waals surface area contributed by atoms with Gasteiger partial charge in [0.15, 0.2) is 6.61 Å². The van der Waals surface area contributed by atoms with Crippen LogP contribution in [0.15, 0.2) is 59.7 Å². The predicted octanol–water partition coefficient (Wildman–Crippen LogP) is 3.38. The number of halogens is 2. The van der Waals surface area contributed by atoms with Crippen molar-refractivity contribution in [3.05, 3.63) is 70.3 Å². The van der Waals surface area contributed by atoms with Gasteiger partial charge in [0.25, 0.3) is 5.91 Å². The van der Waals surface area contributed by atoms with E-state index in [1.807, 2.05) is 12.1 Å². The Bertz CT molecular complexity index is 871. The number of imidazole rings is 1. The number of hydrogen-bond donors (Lipinski definition) is 1. The summed E-state index contributed by atoms with van der Waals surface area (Å²) < 4.78 is 7.99. The SMILES string of the molecule is O=C(COc1ccc(Cl)cc1Br)NCc1cccnc1-n1ccnc1. The number of hydrogen-bond acceptors (Lipinski definition) is 4. The van der Waals surface area contributed by atoms with Crippen LogP contribution in [0.5, 0.6) is 5.75 Å². The molecule has 0 aliphatic heterocycles. The van der Waals surface area contributed by atoms with E-state index in [1.165, 1.54) is 0 Å². The van der Waals surface area contributed by atoms with Gasteiger partial charge in [-0.15, -0.1) is 0 Å². The summed E-state index contributed by atoms with van der Waals surface area (Å²) in [6.45, 7) is 0.242. The summed E-state index contributed by atoms with van der Waals surface area (Å²) in [6.07, 6.45) is 6.83. The topological polar surface area (TPSA) is 69.0 Å². The molecular weight excluding hydrogens is 408 g/mol. The minimum absolute atomic E-state index is 0.0963. The molecule has 8 heteroatoms. The van der Waals surface area contributed by atoms with Gasteiger partial charge in [0, 0.05) is 35.7 Å². The highest BCUT2D eigenvalue weighted by Gasteiger charge is 2.09. The monoisotopic (exact) mass is 420 g/mol. The van der Waals surface area contributed by atoms with Crippen molar-refractivity contribution in [1.29, 1.82) is 0 Å². The average molecular weight is 422 g/mol. The summed E-state index contributed by atoms with van der Waals surface area (Å²) in [6, 6.07) is 8.84. The molecule has 25 heavy (non-hydrogen) atoms. The lowest BCUT2D eigenvalue weighted by molar-refractivity contribution is -0.123. The number of carbonyl (C=O) groups is 1. The van der Waals surface area contributed by atoms with E-state index >= 15 is 0 Å². The molecule has 0 aliphatic carbocycles. The van der Waals surface area contributed by atoms with Crippen LogP contribution in [0.3, 0.4) is 0 Å². The Labute approximate surface area is 157 Å². The van der Waals surface area contributed by atoms with E-state index in [4.69, 9.17) is 16.3 Å². The molecule has 0 saturated heterocycles. The zero-order chi connectivity index (χ0) is 17.6. The minimum atomic E-state index is -0.234. The van der Waals surface area contributed by atoms with Crippen molar-refractivity contribution in [2.45, 2.75) is 6.54 Å². The lowest BCUT2D eigenvalue weighted by atomic mass is 10.2. The van der Waals surface area contributed by atoms with Crippen LogP contribution < -0.4 is 10.1 Å². The molecule has 0 fully saturated rings. The van der Waals surface area contributed by atoms with Gasteiger partial charge in [-0.3, -0.25) is 9.36 Å². The largest absolute Gasteiger partial charge is 0.483 e. The van der Waals surface area contributed by atoms with E-state index in [-0.39, 0.29) is 12.5 Å². The Balaban J connectivity index is 1.58. The number of nitrogens with one attached hydrogen (secondary N) is 1. The normalized spacial score (nSPS) is 10.5. The Hall–Kier alpha value is -2.38. The second-order valence-electron chi connectivity index (χ2n) is 5.10. The molecule has 0 spiro atoms. The number of carbonyl (C=O) groups excluding carboxylic acids is 1. The van der Waals surface area contributed by atoms with Crippen LogP contribution in [0.4, 0.5) is 0 Å². The molecular formula is C17H14BrClN4O2. The maximum atomic E-state index is 12.0. The Morgan fingerprint density at radius 3 is 2.96 bits per heavy atom. The van der Waals surface area contributed by atoms with Gasteiger partial charge in [0.1, 0.15) is 17.9 Å². The fourth-order valence-corrected chi connectivity index (χ4v) is 2.96. The second kappa shape index (κ2) is 8.13. The first-order valence-electron chi connectivity index (χ1n) is 7.40. The van der Waals surface area contributed by atoms with Crippen molar-refractivity contribution in [3.63, 3.8) is 0 Å². The highest BCUT2D eigenvalue weighted by Crippen LogP contribution is 2.27. The molecule has 3 aromatic rings. The Morgan fingerprint density at radius 2 is 2.20 bits per heavy atom. The van der Waals surface area contributed by atoms with E-state index in [9.17, 15) is 4.79 Å². The molecule has 2 heterocycles. The molecule has 0 unspecified atom stereocenters. The van der Waals surface area contributed by atoms with Crippen LogP contribution in [0.2, 0.25) is 5.02 Å².